The minimum absolute atomic E-state index is 0.00867. The first-order chi connectivity index (χ1) is 12.4. The van der Waals surface area contributed by atoms with Gasteiger partial charge in [-0.25, -0.2) is 0 Å². The zero-order chi connectivity index (χ0) is 19.0. The average Bonchev–Trinajstić information content (AvgIpc) is 2.59. The van der Waals surface area contributed by atoms with Gasteiger partial charge in [-0.1, -0.05) is 42.4 Å². The molecule has 0 heterocycles. The number of hydrogen-bond donors (Lipinski definition) is 2. The lowest BCUT2D eigenvalue weighted by Crippen LogP contribution is -2.19. The summed E-state index contributed by atoms with van der Waals surface area (Å²) in [6, 6.07) is 13.0. The number of nitrogens with two attached hydrogens (primary N) is 1. The maximum atomic E-state index is 10.9. The Balaban J connectivity index is 1.92. The SMILES string of the molecule is C=CNC=NCc1ccc(CSc2ccc(OS(N)(=O)=O)c(Cl)c2)cc1. The van der Waals surface area contributed by atoms with E-state index in [0.717, 1.165) is 21.8 Å². The van der Waals surface area contributed by atoms with Crippen LogP contribution in [0.2, 0.25) is 5.02 Å². The zero-order valence-electron chi connectivity index (χ0n) is 13.8. The molecular weight excluding hydrogens is 394 g/mol. The lowest BCUT2D eigenvalue weighted by Gasteiger charge is -2.07. The van der Waals surface area contributed by atoms with Crippen molar-refractivity contribution in [1.29, 1.82) is 0 Å². The van der Waals surface area contributed by atoms with E-state index in [2.05, 4.69) is 21.1 Å². The molecule has 2 aromatic carbocycles. The number of thioether (sulfide) groups is 1. The van der Waals surface area contributed by atoms with Crippen molar-refractivity contribution in [3.63, 3.8) is 0 Å². The molecule has 9 heteroatoms. The normalized spacial score (nSPS) is 11.5. The fourth-order valence-electron chi connectivity index (χ4n) is 1.93. The van der Waals surface area contributed by atoms with Gasteiger partial charge in [-0.2, -0.15) is 13.6 Å². The lowest BCUT2D eigenvalue weighted by molar-refractivity contribution is 0.487. The van der Waals surface area contributed by atoms with E-state index in [4.69, 9.17) is 16.7 Å². The first-order valence-corrected chi connectivity index (χ1v) is 10.3. The van der Waals surface area contributed by atoms with Crippen LogP contribution in [0.25, 0.3) is 0 Å². The van der Waals surface area contributed by atoms with Crippen LogP contribution in [0.3, 0.4) is 0 Å². The summed E-state index contributed by atoms with van der Waals surface area (Å²) >= 11 is 7.60. The van der Waals surface area contributed by atoms with Gasteiger partial charge < -0.3 is 9.50 Å². The van der Waals surface area contributed by atoms with Gasteiger partial charge >= 0.3 is 10.3 Å². The fourth-order valence-corrected chi connectivity index (χ4v) is 3.54. The van der Waals surface area contributed by atoms with Crippen LogP contribution in [0.4, 0.5) is 0 Å². The predicted octanol–water partition coefficient (Wildman–Crippen LogP) is 3.48. The molecule has 138 valence electrons. The van der Waals surface area contributed by atoms with E-state index < -0.39 is 10.3 Å². The van der Waals surface area contributed by atoms with Crippen molar-refractivity contribution in [2.45, 2.75) is 17.2 Å². The Morgan fingerprint density at radius 2 is 1.92 bits per heavy atom. The van der Waals surface area contributed by atoms with Gasteiger partial charge in [0.2, 0.25) is 0 Å². The highest BCUT2D eigenvalue weighted by atomic mass is 35.5. The highest BCUT2D eigenvalue weighted by Gasteiger charge is 2.10. The summed E-state index contributed by atoms with van der Waals surface area (Å²) in [6.45, 7) is 4.13. The van der Waals surface area contributed by atoms with Crippen LogP contribution in [0.15, 0.2) is 65.1 Å². The molecule has 0 aliphatic carbocycles. The number of rotatable bonds is 9. The van der Waals surface area contributed by atoms with Crippen LogP contribution in [0.5, 0.6) is 5.75 Å². The molecule has 6 nitrogen and oxygen atoms in total. The molecule has 0 spiro atoms. The molecule has 0 bridgehead atoms. The molecule has 0 atom stereocenters. The van der Waals surface area contributed by atoms with Gasteiger partial charge in [-0.15, -0.1) is 11.8 Å². The molecule has 26 heavy (non-hydrogen) atoms. The maximum Gasteiger partial charge on any atom is 0.380 e. The Morgan fingerprint density at radius 3 is 2.54 bits per heavy atom. The van der Waals surface area contributed by atoms with Gasteiger partial charge in [0.05, 0.1) is 17.9 Å². The van der Waals surface area contributed by atoms with Crippen LogP contribution < -0.4 is 14.6 Å². The molecule has 2 rings (SSSR count). The second kappa shape index (κ2) is 9.63. The summed E-state index contributed by atoms with van der Waals surface area (Å²) in [6.07, 6.45) is 3.16. The number of nitrogens with one attached hydrogen (secondary N) is 1. The van der Waals surface area contributed by atoms with Crippen molar-refractivity contribution >= 4 is 40.0 Å². The van der Waals surface area contributed by atoms with Crippen molar-refractivity contribution < 1.29 is 12.6 Å². The molecule has 0 saturated carbocycles. The largest absolute Gasteiger partial charge is 0.380 e. The maximum absolute atomic E-state index is 10.9. The summed E-state index contributed by atoms with van der Waals surface area (Å²) < 4.78 is 26.5. The van der Waals surface area contributed by atoms with Crippen molar-refractivity contribution in [1.82, 2.24) is 5.32 Å². The Hall–Kier alpha value is -2.00. The topological polar surface area (TPSA) is 93.8 Å². The summed E-state index contributed by atoms with van der Waals surface area (Å²) in [5, 5.41) is 7.82. The van der Waals surface area contributed by atoms with E-state index >= 15 is 0 Å². The molecule has 0 aliphatic rings. The Kier molecular flexibility index (Phi) is 7.52. The molecule has 2 aromatic rings. The summed E-state index contributed by atoms with van der Waals surface area (Å²) in [5.41, 5.74) is 2.25. The minimum atomic E-state index is -4.09. The third-order valence-corrected chi connectivity index (χ3v) is 4.87. The van der Waals surface area contributed by atoms with Gasteiger partial charge in [0, 0.05) is 10.6 Å². The molecular formula is C17H18ClN3O3S2. The molecule has 0 fully saturated rings. The predicted molar refractivity (Wildman–Crippen MR) is 107 cm³/mol. The number of halogens is 1. The smallest absolute Gasteiger partial charge is 0.369 e. The van der Waals surface area contributed by atoms with E-state index in [1.165, 1.54) is 6.07 Å². The minimum Gasteiger partial charge on any atom is -0.369 e. The first-order valence-electron chi connectivity index (χ1n) is 7.45. The van der Waals surface area contributed by atoms with Gasteiger partial charge in [0.15, 0.2) is 5.75 Å². The highest BCUT2D eigenvalue weighted by molar-refractivity contribution is 7.98. The molecule has 0 unspecified atom stereocenters. The quantitative estimate of drug-likeness (QED) is 0.374. The second-order valence-electron chi connectivity index (χ2n) is 5.11. The van der Waals surface area contributed by atoms with Crippen LogP contribution in [0, 0.1) is 0 Å². The van der Waals surface area contributed by atoms with Crippen molar-refractivity contribution in [2.75, 3.05) is 0 Å². The van der Waals surface area contributed by atoms with Crippen molar-refractivity contribution in [3.8, 4) is 5.75 Å². The summed E-state index contributed by atoms with van der Waals surface area (Å²) in [5.74, 6) is 0.752. The number of hydrogen-bond acceptors (Lipinski definition) is 5. The Bertz CT molecular complexity index is 885. The van der Waals surface area contributed by atoms with E-state index in [1.54, 1.807) is 36.4 Å². The molecule has 3 N–H and O–H groups in total. The van der Waals surface area contributed by atoms with E-state index in [1.807, 2.05) is 24.3 Å². The van der Waals surface area contributed by atoms with Crippen LogP contribution in [0.1, 0.15) is 11.1 Å². The van der Waals surface area contributed by atoms with Gasteiger partial charge in [-0.05, 0) is 35.5 Å². The Labute approximate surface area is 162 Å². The fraction of sp³-hybridized carbons (Fsp3) is 0.118. The Morgan fingerprint density at radius 1 is 1.23 bits per heavy atom. The monoisotopic (exact) mass is 411 g/mol. The zero-order valence-corrected chi connectivity index (χ0v) is 16.2. The molecule has 0 radical (unpaired) electrons. The van der Waals surface area contributed by atoms with E-state index in [0.29, 0.717) is 6.54 Å². The number of nitrogens with zero attached hydrogens (tertiary/aromatic N) is 1. The van der Waals surface area contributed by atoms with Crippen LogP contribution in [-0.4, -0.2) is 14.8 Å². The van der Waals surface area contributed by atoms with Gasteiger partial charge in [0.1, 0.15) is 0 Å². The summed E-state index contributed by atoms with van der Waals surface area (Å²) in [4.78, 5) is 5.10. The van der Waals surface area contributed by atoms with Crippen molar-refractivity contribution in [2.24, 2.45) is 10.1 Å². The van der Waals surface area contributed by atoms with Gasteiger partial charge in [-0.3, -0.25) is 4.99 Å². The summed E-state index contributed by atoms with van der Waals surface area (Å²) in [7, 11) is -4.09. The molecule has 0 aliphatic heterocycles. The van der Waals surface area contributed by atoms with E-state index in [9.17, 15) is 8.42 Å². The third-order valence-electron chi connectivity index (χ3n) is 3.10. The third kappa shape index (κ3) is 7.09. The molecule has 0 aromatic heterocycles. The average molecular weight is 412 g/mol. The molecule has 0 saturated heterocycles. The van der Waals surface area contributed by atoms with E-state index in [-0.39, 0.29) is 10.8 Å². The molecule has 0 amide bonds. The van der Waals surface area contributed by atoms with Gasteiger partial charge in [0.25, 0.3) is 0 Å². The highest BCUT2D eigenvalue weighted by Crippen LogP contribution is 2.32. The van der Waals surface area contributed by atoms with Crippen molar-refractivity contribution in [3.05, 3.63) is 71.4 Å². The second-order valence-corrected chi connectivity index (χ2v) is 7.72. The lowest BCUT2D eigenvalue weighted by atomic mass is 10.1. The number of benzene rings is 2. The van der Waals surface area contributed by atoms with Crippen LogP contribution >= 0.6 is 23.4 Å². The van der Waals surface area contributed by atoms with Crippen LogP contribution in [-0.2, 0) is 22.6 Å². The first kappa shape index (κ1) is 20.3. The standard InChI is InChI=1S/C17H18ClN3O3S2/c1-2-20-12-21-10-13-3-5-14(6-4-13)11-25-15-7-8-17(16(18)9-15)24-26(19,22)23/h2-9,12H,1,10-11H2,(H,20,21)(H2,19,22,23). The number of aliphatic imine (C=N–C) groups is 1.